The molecule has 0 radical (unpaired) electrons. The summed E-state index contributed by atoms with van der Waals surface area (Å²) < 4.78 is 2.01. The van der Waals surface area contributed by atoms with Gasteiger partial charge in [0.05, 0.1) is 12.7 Å². The van der Waals surface area contributed by atoms with Crippen molar-refractivity contribution in [3.63, 3.8) is 0 Å². The zero-order chi connectivity index (χ0) is 5.82. The maximum absolute atomic E-state index is 3.92. The van der Waals surface area contributed by atoms with Gasteiger partial charge in [-0.15, -0.1) is 0 Å². The monoisotopic (exact) mass is 236 g/mol. The Morgan fingerprint density at radius 1 is 1.56 bits per heavy atom. The highest BCUT2D eigenvalue weighted by molar-refractivity contribution is 4.68. The Balaban J connectivity index is 0.000000640. The Labute approximate surface area is 72.0 Å². The van der Waals surface area contributed by atoms with E-state index in [-0.39, 0.29) is 24.0 Å². The fourth-order valence-corrected chi connectivity index (χ4v) is 0.548. The van der Waals surface area contributed by atoms with E-state index in [9.17, 15) is 0 Å². The normalized spacial score (nSPS) is 8.11. The van der Waals surface area contributed by atoms with Crippen LogP contribution in [-0.2, 0) is 6.54 Å². The largest absolute Gasteiger partial charge is 1.00 e. The quantitative estimate of drug-likeness (QED) is 0.386. The van der Waals surface area contributed by atoms with Crippen molar-refractivity contribution in [2.75, 3.05) is 0 Å². The lowest BCUT2D eigenvalue weighted by atomic mass is 10.6. The number of aryl methyl sites for hydroxylation is 1. The van der Waals surface area contributed by atoms with E-state index >= 15 is 0 Å². The Morgan fingerprint density at radius 2 is 2.33 bits per heavy atom. The van der Waals surface area contributed by atoms with E-state index in [0.717, 1.165) is 6.54 Å². The van der Waals surface area contributed by atoms with Gasteiger partial charge in [0.1, 0.15) is 6.20 Å². The molecule has 0 spiro atoms. The molecule has 0 saturated heterocycles. The number of hydrogen-bond donors (Lipinski definition) is 0. The van der Waals surface area contributed by atoms with E-state index in [1.54, 1.807) is 12.5 Å². The third kappa shape index (κ3) is 2.74. The van der Waals surface area contributed by atoms with Gasteiger partial charge in [0.2, 0.25) is 0 Å². The SMILES string of the molecule is CC[n+]1cccnc1.[I-]. The molecule has 0 bridgehead atoms. The summed E-state index contributed by atoms with van der Waals surface area (Å²) >= 11 is 0. The molecule has 0 fully saturated rings. The number of aromatic nitrogens is 2. The van der Waals surface area contributed by atoms with Gasteiger partial charge in [-0.05, 0) is 6.92 Å². The van der Waals surface area contributed by atoms with Gasteiger partial charge in [0.15, 0.2) is 0 Å². The first-order valence-corrected chi connectivity index (χ1v) is 2.72. The predicted molar refractivity (Wildman–Crippen MR) is 30.1 cm³/mol. The highest BCUT2D eigenvalue weighted by Crippen LogP contribution is 1.68. The molecule has 0 aliphatic carbocycles. The lowest BCUT2D eigenvalue weighted by Gasteiger charge is -1.86. The Hall–Kier alpha value is -0.190. The summed E-state index contributed by atoms with van der Waals surface area (Å²) in [5, 5.41) is 0. The van der Waals surface area contributed by atoms with Crippen LogP contribution in [0.5, 0.6) is 0 Å². The van der Waals surface area contributed by atoms with Crippen molar-refractivity contribution in [3.05, 3.63) is 24.8 Å². The van der Waals surface area contributed by atoms with Gasteiger partial charge < -0.3 is 24.0 Å². The number of nitrogens with zero attached hydrogens (tertiary/aromatic N) is 2. The van der Waals surface area contributed by atoms with Gasteiger partial charge in [0, 0.05) is 6.07 Å². The molecule has 0 aliphatic rings. The number of halogens is 1. The van der Waals surface area contributed by atoms with E-state index in [1.807, 2.05) is 16.8 Å². The molecule has 0 atom stereocenters. The van der Waals surface area contributed by atoms with Crippen LogP contribution in [0.2, 0.25) is 0 Å². The predicted octanol–water partition coefficient (Wildman–Crippen LogP) is -2.61. The van der Waals surface area contributed by atoms with Crippen LogP contribution in [0.4, 0.5) is 0 Å². The minimum atomic E-state index is 0. The zero-order valence-corrected chi connectivity index (χ0v) is 7.45. The molecule has 0 amide bonds. The van der Waals surface area contributed by atoms with Crippen LogP contribution in [-0.4, -0.2) is 4.98 Å². The molecular formula is C6H9IN2. The third-order valence-corrected chi connectivity index (χ3v) is 1.03. The Kier molecular flexibility index (Phi) is 4.57. The topological polar surface area (TPSA) is 16.8 Å². The van der Waals surface area contributed by atoms with Crippen LogP contribution >= 0.6 is 0 Å². The first-order valence-electron chi connectivity index (χ1n) is 2.72. The second kappa shape index (κ2) is 4.67. The van der Waals surface area contributed by atoms with Crippen LogP contribution in [0, 0.1) is 0 Å². The average molecular weight is 236 g/mol. The van der Waals surface area contributed by atoms with E-state index < -0.39 is 0 Å². The lowest BCUT2D eigenvalue weighted by molar-refractivity contribution is -0.696. The van der Waals surface area contributed by atoms with E-state index in [0.29, 0.717) is 0 Å². The van der Waals surface area contributed by atoms with Crippen LogP contribution in [0.3, 0.4) is 0 Å². The molecule has 9 heavy (non-hydrogen) atoms. The molecule has 0 saturated carbocycles. The smallest absolute Gasteiger partial charge is 0.286 e. The minimum absolute atomic E-state index is 0. The van der Waals surface area contributed by atoms with Gasteiger partial charge in [-0.3, -0.25) is 0 Å². The summed E-state index contributed by atoms with van der Waals surface area (Å²) in [4.78, 5) is 3.92. The average Bonchev–Trinajstić information content (AvgIpc) is 1.90. The third-order valence-electron chi connectivity index (χ3n) is 1.03. The summed E-state index contributed by atoms with van der Waals surface area (Å²) in [6, 6.07) is 1.92. The molecule has 2 nitrogen and oxygen atoms in total. The van der Waals surface area contributed by atoms with E-state index in [1.165, 1.54) is 0 Å². The van der Waals surface area contributed by atoms with Gasteiger partial charge in [-0.2, -0.15) is 0 Å². The fraction of sp³-hybridized carbons (Fsp3) is 0.333. The van der Waals surface area contributed by atoms with Gasteiger partial charge >= 0.3 is 0 Å². The maximum Gasteiger partial charge on any atom is 0.286 e. The molecular weight excluding hydrogens is 227 g/mol. The fourth-order valence-electron chi connectivity index (χ4n) is 0.548. The molecule has 1 rings (SSSR count). The first kappa shape index (κ1) is 8.81. The molecule has 50 valence electrons. The molecule has 0 unspecified atom stereocenters. The van der Waals surface area contributed by atoms with Crippen molar-refractivity contribution in [2.45, 2.75) is 13.5 Å². The highest BCUT2D eigenvalue weighted by atomic mass is 127. The molecule has 0 aromatic carbocycles. The second-order valence-electron chi connectivity index (χ2n) is 1.59. The van der Waals surface area contributed by atoms with Crippen molar-refractivity contribution in [2.24, 2.45) is 0 Å². The summed E-state index contributed by atoms with van der Waals surface area (Å²) in [5.41, 5.74) is 0. The van der Waals surface area contributed by atoms with Crippen molar-refractivity contribution in [1.29, 1.82) is 0 Å². The lowest BCUT2D eigenvalue weighted by Crippen LogP contribution is -3.00. The van der Waals surface area contributed by atoms with Gasteiger partial charge in [-0.1, -0.05) is 4.98 Å². The number of hydrogen-bond acceptors (Lipinski definition) is 1. The van der Waals surface area contributed by atoms with Crippen LogP contribution in [0.15, 0.2) is 24.8 Å². The molecule has 1 heterocycles. The highest BCUT2D eigenvalue weighted by Gasteiger charge is 1.86. The molecule has 1 aromatic heterocycles. The van der Waals surface area contributed by atoms with Gasteiger partial charge in [-0.25, -0.2) is 4.57 Å². The van der Waals surface area contributed by atoms with E-state index in [2.05, 4.69) is 11.9 Å². The minimum Gasteiger partial charge on any atom is -1.00 e. The first-order chi connectivity index (χ1) is 3.93. The van der Waals surface area contributed by atoms with Crippen molar-refractivity contribution < 1.29 is 28.5 Å². The van der Waals surface area contributed by atoms with Crippen LogP contribution in [0.25, 0.3) is 0 Å². The van der Waals surface area contributed by atoms with Gasteiger partial charge in [0.25, 0.3) is 6.33 Å². The zero-order valence-electron chi connectivity index (χ0n) is 5.29. The van der Waals surface area contributed by atoms with Crippen LogP contribution < -0.4 is 28.5 Å². The molecule has 0 aliphatic heterocycles. The Morgan fingerprint density at radius 3 is 2.67 bits per heavy atom. The molecule has 0 N–H and O–H groups in total. The van der Waals surface area contributed by atoms with Crippen LogP contribution in [0.1, 0.15) is 6.92 Å². The standard InChI is InChI=1S/C6H9N2.HI/c1-2-8-5-3-4-7-6-8;/h3-6H,2H2,1H3;1H/q+1;/p-1. The second-order valence-corrected chi connectivity index (χ2v) is 1.59. The molecule has 1 aromatic rings. The summed E-state index contributed by atoms with van der Waals surface area (Å²) in [6.45, 7) is 3.08. The van der Waals surface area contributed by atoms with Crippen molar-refractivity contribution in [1.82, 2.24) is 4.98 Å². The van der Waals surface area contributed by atoms with E-state index in [4.69, 9.17) is 0 Å². The van der Waals surface area contributed by atoms with Crippen molar-refractivity contribution in [3.8, 4) is 0 Å². The van der Waals surface area contributed by atoms with Crippen molar-refractivity contribution >= 4 is 0 Å². The summed E-state index contributed by atoms with van der Waals surface area (Å²) in [6.07, 6.45) is 5.57. The summed E-state index contributed by atoms with van der Waals surface area (Å²) in [5.74, 6) is 0. The Bertz CT molecular complexity index is 152. The number of rotatable bonds is 1. The molecule has 3 heteroatoms. The maximum atomic E-state index is 3.92. The summed E-state index contributed by atoms with van der Waals surface area (Å²) in [7, 11) is 0.